The Morgan fingerprint density at radius 3 is 2.89 bits per heavy atom. The molecule has 0 spiro atoms. The molecule has 2 aromatic rings. The highest BCUT2D eigenvalue weighted by Gasteiger charge is 2.07. The summed E-state index contributed by atoms with van der Waals surface area (Å²) in [6.45, 7) is 2.57. The summed E-state index contributed by atoms with van der Waals surface area (Å²) < 4.78 is 10.5. The van der Waals surface area contributed by atoms with Crippen LogP contribution in [0.25, 0.3) is 0 Å². The van der Waals surface area contributed by atoms with E-state index in [1.807, 2.05) is 13.0 Å². The Hall–Kier alpha value is -1.37. The van der Waals surface area contributed by atoms with Gasteiger partial charge in [0.25, 0.3) is 0 Å². The highest BCUT2D eigenvalue weighted by molar-refractivity contribution is 7.99. The van der Waals surface area contributed by atoms with Gasteiger partial charge >= 0.3 is 0 Å². The predicted octanol–water partition coefficient (Wildman–Crippen LogP) is 2.05. The summed E-state index contributed by atoms with van der Waals surface area (Å²) in [7, 11) is 0. The summed E-state index contributed by atoms with van der Waals surface area (Å²) >= 11 is 1.41. The van der Waals surface area contributed by atoms with Crippen molar-refractivity contribution < 1.29 is 14.3 Å². The molecule has 0 radical (unpaired) electrons. The van der Waals surface area contributed by atoms with E-state index in [1.165, 1.54) is 11.8 Å². The highest BCUT2D eigenvalue weighted by atomic mass is 32.2. The molecule has 1 unspecified atom stereocenters. The van der Waals surface area contributed by atoms with Crippen LogP contribution in [0.4, 0.5) is 0 Å². The van der Waals surface area contributed by atoms with Gasteiger partial charge in [-0.1, -0.05) is 11.8 Å². The maximum atomic E-state index is 9.76. The van der Waals surface area contributed by atoms with Crippen molar-refractivity contribution >= 4 is 11.8 Å². The third-order valence-electron chi connectivity index (χ3n) is 2.30. The molecule has 0 aromatic carbocycles. The van der Waals surface area contributed by atoms with Gasteiger partial charge in [0.2, 0.25) is 0 Å². The topological polar surface area (TPSA) is 68.4 Å². The molecule has 1 atom stereocenters. The van der Waals surface area contributed by atoms with Crippen LogP contribution in [0.3, 0.4) is 0 Å². The highest BCUT2D eigenvalue weighted by Crippen LogP contribution is 2.13. The van der Waals surface area contributed by atoms with E-state index >= 15 is 0 Å². The molecule has 0 aliphatic rings. The standard InChI is InChI=1S/C13H16N2O3S/c1-10-5-14-13(15-6-10)19-9-11(16)7-17-8-12-3-2-4-18-12/h2-6,11,16H,7-9H2,1H3. The molecule has 0 aliphatic carbocycles. The van der Waals surface area contributed by atoms with E-state index in [0.717, 1.165) is 11.3 Å². The van der Waals surface area contributed by atoms with Gasteiger partial charge in [0, 0.05) is 18.1 Å². The SMILES string of the molecule is Cc1cnc(SCC(O)COCc2ccco2)nc1. The second kappa shape index (κ2) is 7.28. The van der Waals surface area contributed by atoms with Gasteiger partial charge in [0.15, 0.2) is 5.16 Å². The molecular weight excluding hydrogens is 264 g/mol. The number of hydrogen-bond acceptors (Lipinski definition) is 6. The second-order valence-corrected chi connectivity index (χ2v) is 5.09. The Morgan fingerprint density at radius 2 is 2.21 bits per heavy atom. The molecule has 19 heavy (non-hydrogen) atoms. The number of aliphatic hydroxyl groups is 1. The normalized spacial score (nSPS) is 12.5. The van der Waals surface area contributed by atoms with Crippen LogP contribution in [0.1, 0.15) is 11.3 Å². The average Bonchev–Trinajstić information content (AvgIpc) is 2.91. The molecule has 6 heteroatoms. The number of ether oxygens (including phenoxy) is 1. The first-order valence-corrected chi connectivity index (χ1v) is 6.92. The lowest BCUT2D eigenvalue weighted by molar-refractivity contribution is 0.0328. The van der Waals surface area contributed by atoms with E-state index in [9.17, 15) is 5.11 Å². The minimum Gasteiger partial charge on any atom is -0.467 e. The van der Waals surface area contributed by atoms with Gasteiger partial charge in [-0.05, 0) is 24.6 Å². The first kappa shape index (κ1) is 14.0. The molecule has 0 amide bonds. The van der Waals surface area contributed by atoms with Gasteiger partial charge in [-0.2, -0.15) is 0 Å². The lowest BCUT2D eigenvalue weighted by atomic mass is 10.4. The summed E-state index contributed by atoms with van der Waals surface area (Å²) in [6, 6.07) is 3.64. The summed E-state index contributed by atoms with van der Waals surface area (Å²) in [4.78, 5) is 8.31. The molecule has 0 aliphatic heterocycles. The van der Waals surface area contributed by atoms with Gasteiger partial charge in [0.1, 0.15) is 12.4 Å². The van der Waals surface area contributed by atoms with Crippen molar-refractivity contribution in [3.63, 3.8) is 0 Å². The zero-order valence-electron chi connectivity index (χ0n) is 10.7. The van der Waals surface area contributed by atoms with E-state index in [1.54, 1.807) is 24.7 Å². The molecule has 1 N–H and O–H groups in total. The molecule has 2 aromatic heterocycles. The van der Waals surface area contributed by atoms with E-state index in [4.69, 9.17) is 9.15 Å². The van der Waals surface area contributed by atoms with Crippen LogP contribution >= 0.6 is 11.8 Å². The summed E-state index contributed by atoms with van der Waals surface area (Å²) in [5, 5.41) is 10.4. The van der Waals surface area contributed by atoms with Crippen LogP contribution in [0.5, 0.6) is 0 Å². The lowest BCUT2D eigenvalue weighted by Gasteiger charge is -2.09. The zero-order chi connectivity index (χ0) is 13.5. The summed E-state index contributed by atoms with van der Waals surface area (Å²) in [5.41, 5.74) is 1.02. The van der Waals surface area contributed by atoms with Crippen molar-refractivity contribution in [3.8, 4) is 0 Å². The fourth-order valence-electron chi connectivity index (χ4n) is 1.36. The van der Waals surface area contributed by atoms with E-state index in [-0.39, 0.29) is 6.61 Å². The molecule has 0 fully saturated rings. The van der Waals surface area contributed by atoms with E-state index < -0.39 is 6.10 Å². The van der Waals surface area contributed by atoms with Gasteiger partial charge in [-0.25, -0.2) is 9.97 Å². The monoisotopic (exact) mass is 280 g/mol. The largest absolute Gasteiger partial charge is 0.467 e. The van der Waals surface area contributed by atoms with Crippen molar-refractivity contribution in [2.75, 3.05) is 12.4 Å². The molecular formula is C13H16N2O3S. The number of aromatic nitrogens is 2. The first-order chi connectivity index (χ1) is 9.24. The molecule has 102 valence electrons. The van der Waals surface area contributed by atoms with Crippen molar-refractivity contribution in [1.29, 1.82) is 0 Å². The third-order valence-corrected chi connectivity index (χ3v) is 3.32. The smallest absolute Gasteiger partial charge is 0.187 e. The van der Waals surface area contributed by atoms with Crippen LogP contribution in [0.2, 0.25) is 0 Å². The molecule has 0 saturated heterocycles. The molecule has 5 nitrogen and oxygen atoms in total. The van der Waals surface area contributed by atoms with Crippen LogP contribution in [-0.4, -0.2) is 33.5 Å². The Kier molecular flexibility index (Phi) is 5.38. The third kappa shape index (κ3) is 5.02. The summed E-state index contributed by atoms with van der Waals surface area (Å²) in [6.07, 6.45) is 4.56. The number of rotatable bonds is 7. The number of thioether (sulfide) groups is 1. The Balaban J connectivity index is 1.64. The minimum absolute atomic E-state index is 0.263. The van der Waals surface area contributed by atoms with Crippen molar-refractivity contribution in [2.24, 2.45) is 0 Å². The lowest BCUT2D eigenvalue weighted by Crippen LogP contribution is -2.18. The quantitative estimate of drug-likeness (QED) is 0.618. The minimum atomic E-state index is -0.551. The molecule has 0 bridgehead atoms. The van der Waals surface area contributed by atoms with E-state index in [2.05, 4.69) is 9.97 Å². The van der Waals surface area contributed by atoms with Crippen molar-refractivity contribution in [1.82, 2.24) is 9.97 Å². The molecule has 2 rings (SSSR count). The fraction of sp³-hybridized carbons (Fsp3) is 0.385. The zero-order valence-corrected chi connectivity index (χ0v) is 11.5. The fourth-order valence-corrected chi connectivity index (χ4v) is 2.06. The van der Waals surface area contributed by atoms with Crippen molar-refractivity contribution in [2.45, 2.75) is 24.8 Å². The molecule has 2 heterocycles. The summed E-state index contributed by atoms with van der Waals surface area (Å²) in [5.74, 6) is 1.25. The number of furan rings is 1. The maximum Gasteiger partial charge on any atom is 0.187 e. The van der Waals surface area contributed by atoms with Crippen molar-refractivity contribution in [3.05, 3.63) is 42.1 Å². The van der Waals surface area contributed by atoms with Crippen LogP contribution in [-0.2, 0) is 11.3 Å². The van der Waals surface area contributed by atoms with Crippen LogP contribution < -0.4 is 0 Å². The van der Waals surface area contributed by atoms with Gasteiger partial charge in [-0.15, -0.1) is 0 Å². The first-order valence-electron chi connectivity index (χ1n) is 5.93. The average molecular weight is 280 g/mol. The Bertz CT molecular complexity index is 473. The van der Waals surface area contributed by atoms with Gasteiger partial charge in [0.05, 0.1) is 19.0 Å². The second-order valence-electron chi connectivity index (χ2n) is 4.10. The number of aryl methyl sites for hydroxylation is 1. The Morgan fingerprint density at radius 1 is 1.42 bits per heavy atom. The number of hydrogen-bond donors (Lipinski definition) is 1. The van der Waals surface area contributed by atoms with E-state index in [0.29, 0.717) is 17.5 Å². The van der Waals surface area contributed by atoms with Gasteiger partial charge in [-0.3, -0.25) is 0 Å². The van der Waals surface area contributed by atoms with Crippen LogP contribution in [0, 0.1) is 6.92 Å². The number of aliphatic hydroxyl groups excluding tert-OH is 1. The maximum absolute atomic E-state index is 9.76. The Labute approximate surface area is 116 Å². The number of nitrogens with zero attached hydrogens (tertiary/aromatic N) is 2. The van der Waals surface area contributed by atoms with Crippen LogP contribution in [0.15, 0.2) is 40.4 Å². The predicted molar refractivity (Wildman–Crippen MR) is 71.9 cm³/mol. The van der Waals surface area contributed by atoms with Gasteiger partial charge < -0.3 is 14.3 Å². The molecule has 0 saturated carbocycles.